The Morgan fingerprint density at radius 3 is 1.85 bits per heavy atom. The highest BCUT2D eigenvalue weighted by Gasteiger charge is 2.54. The van der Waals surface area contributed by atoms with E-state index in [0.717, 1.165) is 6.92 Å². The number of aliphatic hydroxyl groups excluding tert-OH is 9. The number of rotatable bonds is 21. The third kappa shape index (κ3) is 12.9. The van der Waals surface area contributed by atoms with Crippen LogP contribution in [0.25, 0.3) is 0 Å². The zero-order valence-electron chi connectivity index (χ0n) is 30.0. The van der Waals surface area contributed by atoms with Gasteiger partial charge in [-0.2, -0.15) is 0 Å². The minimum Gasteiger partial charge on any atom is -0.394 e. The standard InChI is InChI=1S/C31H55N3O20/c1-14(38)34-20-23(43)27(17(12-37)52-29(20)49-7-3-5-32-18(39)4-8-48-9-6-33-19(40)13-47-2)53-31-26(46)28(22(42)16(11-36)51-31)54-30-25(45)24(44)21(41)15(10-35)50-30/h15-17,20-31,35-37,41-46H,3-13H2,1-2H3,(H,32,39)(H,33,40)(H,34,38)/t15?,16?,17?,20?,21-,22-,23?,24?,25?,26?,27+,28?,29+,30+,31-/m0/s1. The molecule has 0 saturated carbocycles. The van der Waals surface area contributed by atoms with E-state index in [1.54, 1.807) is 0 Å². The van der Waals surface area contributed by atoms with Crippen LogP contribution in [0.5, 0.6) is 0 Å². The van der Waals surface area contributed by atoms with E-state index in [0.29, 0.717) is 0 Å². The number of ether oxygens (including phenoxy) is 8. The highest BCUT2D eigenvalue weighted by Crippen LogP contribution is 2.32. The fourth-order valence-corrected chi connectivity index (χ4v) is 5.88. The molecule has 3 rings (SSSR count). The molecule has 54 heavy (non-hydrogen) atoms. The van der Waals surface area contributed by atoms with Crippen LogP contribution in [0.4, 0.5) is 0 Å². The van der Waals surface area contributed by atoms with Crippen LogP contribution in [-0.4, -0.2) is 222 Å². The number of amides is 3. The second-order valence-corrected chi connectivity index (χ2v) is 12.8. The maximum absolute atomic E-state index is 12.1. The van der Waals surface area contributed by atoms with Gasteiger partial charge in [0.15, 0.2) is 18.9 Å². The van der Waals surface area contributed by atoms with Crippen molar-refractivity contribution in [1.29, 1.82) is 0 Å². The number of carbonyl (C=O) groups excluding carboxylic acids is 3. The molecule has 15 atom stereocenters. The Hall–Kier alpha value is -2.27. The molecule has 23 heteroatoms. The monoisotopic (exact) mass is 789 g/mol. The lowest BCUT2D eigenvalue weighted by Crippen LogP contribution is -2.68. The van der Waals surface area contributed by atoms with Gasteiger partial charge < -0.3 is 99.8 Å². The van der Waals surface area contributed by atoms with E-state index < -0.39 is 118 Å². The number of aliphatic hydroxyl groups is 9. The second kappa shape index (κ2) is 23.1. The van der Waals surface area contributed by atoms with Gasteiger partial charge in [-0.3, -0.25) is 14.4 Å². The normalized spacial score (nSPS) is 37.1. The number of carbonyl (C=O) groups is 3. The molecule has 0 radical (unpaired) electrons. The molecule has 3 aliphatic heterocycles. The Balaban J connectivity index is 1.56. The van der Waals surface area contributed by atoms with Gasteiger partial charge in [0.05, 0.1) is 39.6 Å². The average Bonchev–Trinajstić information content (AvgIpc) is 3.14. The third-order valence-electron chi connectivity index (χ3n) is 8.72. The first-order chi connectivity index (χ1) is 25.8. The van der Waals surface area contributed by atoms with Crippen LogP contribution in [0.3, 0.4) is 0 Å². The molecule has 0 aromatic rings. The van der Waals surface area contributed by atoms with Gasteiger partial charge in [-0.1, -0.05) is 0 Å². The lowest BCUT2D eigenvalue weighted by molar-refractivity contribution is -0.376. The SMILES string of the molecule is COCC(=O)NCCOCCC(=O)NCCCO[C@@H]1OC(CO)[C@@H](O[C@@H]2OC(CO)[C@H](O)C(O[C@H]3OC(CO)[C@H](O)C(O)C3O)C2O)C(O)C1NC(C)=O. The first-order valence-electron chi connectivity index (χ1n) is 17.4. The first kappa shape index (κ1) is 46.1. The van der Waals surface area contributed by atoms with Gasteiger partial charge in [0.25, 0.3) is 0 Å². The first-order valence-corrected chi connectivity index (χ1v) is 17.4. The summed E-state index contributed by atoms with van der Waals surface area (Å²) in [5.74, 6) is -1.19. The van der Waals surface area contributed by atoms with E-state index in [1.807, 2.05) is 0 Å². The molecule has 0 aromatic carbocycles. The van der Waals surface area contributed by atoms with Crippen molar-refractivity contribution >= 4 is 17.7 Å². The number of hydrogen-bond donors (Lipinski definition) is 12. The summed E-state index contributed by atoms with van der Waals surface area (Å²) in [6, 6.07) is -1.30. The molecule has 0 bridgehead atoms. The summed E-state index contributed by atoms with van der Waals surface area (Å²) in [4.78, 5) is 35.5. The second-order valence-electron chi connectivity index (χ2n) is 12.8. The maximum Gasteiger partial charge on any atom is 0.246 e. The van der Waals surface area contributed by atoms with Crippen LogP contribution in [0.15, 0.2) is 0 Å². The molecule has 23 nitrogen and oxygen atoms in total. The molecule has 0 aliphatic carbocycles. The van der Waals surface area contributed by atoms with E-state index in [2.05, 4.69) is 16.0 Å². The van der Waals surface area contributed by atoms with Crippen LogP contribution in [0.1, 0.15) is 19.8 Å². The van der Waals surface area contributed by atoms with E-state index in [1.165, 1.54) is 7.11 Å². The van der Waals surface area contributed by atoms with E-state index in [9.17, 15) is 60.3 Å². The quantitative estimate of drug-likeness (QED) is 0.0481. The topological polar surface area (TPSA) is 343 Å². The fourth-order valence-electron chi connectivity index (χ4n) is 5.88. The van der Waals surface area contributed by atoms with Crippen molar-refractivity contribution in [3.8, 4) is 0 Å². The van der Waals surface area contributed by atoms with Gasteiger partial charge in [-0.05, 0) is 6.42 Å². The van der Waals surface area contributed by atoms with Gasteiger partial charge in [0.1, 0.15) is 79.8 Å². The summed E-state index contributed by atoms with van der Waals surface area (Å²) in [5, 5.41) is 101. The molecule has 3 saturated heterocycles. The van der Waals surface area contributed by atoms with Crippen LogP contribution in [0.2, 0.25) is 0 Å². The predicted molar refractivity (Wildman–Crippen MR) is 175 cm³/mol. The van der Waals surface area contributed by atoms with Crippen molar-refractivity contribution in [1.82, 2.24) is 16.0 Å². The van der Waals surface area contributed by atoms with E-state index in [-0.39, 0.29) is 64.2 Å². The molecule has 3 fully saturated rings. The van der Waals surface area contributed by atoms with Gasteiger partial charge in [-0.15, -0.1) is 0 Å². The van der Waals surface area contributed by atoms with Crippen LogP contribution >= 0.6 is 0 Å². The molecule has 314 valence electrons. The lowest BCUT2D eigenvalue weighted by atomic mass is 9.95. The van der Waals surface area contributed by atoms with Gasteiger partial charge in [0, 0.05) is 33.5 Å². The predicted octanol–water partition coefficient (Wildman–Crippen LogP) is -7.73. The molecule has 12 N–H and O–H groups in total. The van der Waals surface area contributed by atoms with Crippen LogP contribution in [-0.2, 0) is 52.3 Å². The Morgan fingerprint density at radius 2 is 1.22 bits per heavy atom. The molecule has 3 aliphatic rings. The van der Waals surface area contributed by atoms with E-state index in [4.69, 9.17) is 37.9 Å². The van der Waals surface area contributed by atoms with Gasteiger partial charge >= 0.3 is 0 Å². The molecule has 0 aromatic heterocycles. The Morgan fingerprint density at radius 1 is 0.630 bits per heavy atom. The summed E-state index contributed by atoms with van der Waals surface area (Å²) >= 11 is 0. The average molecular weight is 790 g/mol. The third-order valence-corrected chi connectivity index (χ3v) is 8.72. The van der Waals surface area contributed by atoms with Crippen molar-refractivity contribution in [3.63, 3.8) is 0 Å². The molecular formula is C31H55N3O20. The molecular weight excluding hydrogens is 734 g/mol. The van der Waals surface area contributed by atoms with Crippen molar-refractivity contribution in [2.24, 2.45) is 0 Å². The van der Waals surface area contributed by atoms with Crippen molar-refractivity contribution in [3.05, 3.63) is 0 Å². The summed E-state index contributed by atoms with van der Waals surface area (Å²) < 4.78 is 43.8. The smallest absolute Gasteiger partial charge is 0.246 e. The van der Waals surface area contributed by atoms with Crippen molar-refractivity contribution < 1.29 is 98.2 Å². The number of hydrogen-bond acceptors (Lipinski definition) is 20. The van der Waals surface area contributed by atoms with Crippen molar-refractivity contribution in [2.75, 3.05) is 66.4 Å². The molecule has 9 unspecified atom stereocenters. The number of nitrogens with one attached hydrogen (secondary N) is 3. The van der Waals surface area contributed by atoms with Crippen LogP contribution < -0.4 is 16.0 Å². The molecule has 0 spiro atoms. The number of methoxy groups -OCH3 is 1. The largest absolute Gasteiger partial charge is 0.394 e. The minimum atomic E-state index is -1.95. The highest BCUT2D eigenvalue weighted by atomic mass is 16.8. The summed E-state index contributed by atoms with van der Waals surface area (Å²) in [5.41, 5.74) is 0. The molecule has 3 heterocycles. The zero-order chi connectivity index (χ0) is 39.9. The highest BCUT2D eigenvalue weighted by molar-refractivity contribution is 5.77. The Bertz CT molecular complexity index is 1140. The zero-order valence-corrected chi connectivity index (χ0v) is 30.0. The maximum atomic E-state index is 12.1. The summed E-state index contributed by atoms with van der Waals surface area (Å²) in [7, 11) is 1.40. The van der Waals surface area contributed by atoms with Gasteiger partial charge in [-0.25, -0.2) is 0 Å². The fraction of sp³-hybridized carbons (Fsp3) is 0.903. The summed E-state index contributed by atoms with van der Waals surface area (Å²) in [6.45, 7) is -0.566. The van der Waals surface area contributed by atoms with Crippen molar-refractivity contribution in [2.45, 2.75) is 112 Å². The van der Waals surface area contributed by atoms with E-state index >= 15 is 0 Å². The lowest BCUT2D eigenvalue weighted by Gasteiger charge is -2.48. The minimum absolute atomic E-state index is 0.0351. The molecule has 3 amide bonds. The van der Waals surface area contributed by atoms with Crippen LogP contribution in [0, 0.1) is 0 Å². The van der Waals surface area contributed by atoms with Gasteiger partial charge in [0.2, 0.25) is 17.7 Å². The Kier molecular flexibility index (Phi) is 19.7. The Labute approximate surface area is 310 Å². The summed E-state index contributed by atoms with van der Waals surface area (Å²) in [6.07, 6.45) is -23.0.